The highest BCUT2D eigenvalue weighted by molar-refractivity contribution is 5.90. The van der Waals surface area contributed by atoms with Crippen molar-refractivity contribution in [1.29, 1.82) is 0 Å². The lowest BCUT2D eigenvalue weighted by molar-refractivity contribution is -0.237. The van der Waals surface area contributed by atoms with E-state index < -0.39 is 66.5 Å². The number of aliphatic hydroxyl groups excluding tert-OH is 3. The van der Waals surface area contributed by atoms with Crippen LogP contribution in [0.15, 0.2) is 12.7 Å². The SMILES string of the molecule is Nc1ncnc2c1ncn2[C@]1(C(C(=O)O)C(O)(CC(=O)O)C(=O)O)O[C@H](CO)[C@@H](O)[C@H]1O. The first-order valence-electron chi connectivity index (χ1n) is 8.91. The fraction of sp³-hybridized carbons (Fsp3) is 0.500. The number of imidazole rings is 1. The first-order valence-corrected chi connectivity index (χ1v) is 8.91. The summed E-state index contributed by atoms with van der Waals surface area (Å²) in [4.78, 5) is 47.0. The molecule has 3 rings (SSSR count). The molecule has 2 aromatic heterocycles. The van der Waals surface area contributed by atoms with Gasteiger partial charge in [0.15, 0.2) is 22.8 Å². The van der Waals surface area contributed by atoms with Crippen molar-refractivity contribution >= 4 is 34.9 Å². The molecule has 0 bridgehead atoms. The van der Waals surface area contributed by atoms with Crippen LogP contribution in [0.4, 0.5) is 5.82 Å². The van der Waals surface area contributed by atoms with Gasteiger partial charge in [0.1, 0.15) is 36.1 Å². The standard InChI is InChI=1S/C16H19N5O11/c17-11-7-12(19-3-18-11)21(4-20-7)16(10(26)8(25)5(2-22)32-16)9(13(27)28)15(31,14(29)30)1-6(23)24/h3-5,8-10,22,25-26,31H,1-2H2,(H,23,24)(H,27,28)(H,29,30)(H2,17,18,19)/t5-,8-,9?,10-,15?,16-/m1/s1. The number of carboxylic acids is 3. The molecule has 0 spiro atoms. The average molecular weight is 457 g/mol. The van der Waals surface area contributed by atoms with Gasteiger partial charge in [-0.3, -0.25) is 14.2 Å². The normalized spacial score (nSPS) is 28.3. The molecule has 1 aliphatic heterocycles. The topological polar surface area (TPSA) is 272 Å². The second kappa shape index (κ2) is 7.92. The van der Waals surface area contributed by atoms with Crippen LogP contribution in [0.5, 0.6) is 0 Å². The van der Waals surface area contributed by atoms with Gasteiger partial charge in [0.05, 0.1) is 19.4 Å². The third-order valence-corrected chi connectivity index (χ3v) is 5.32. The molecule has 0 aliphatic carbocycles. The number of hydrogen-bond donors (Lipinski definition) is 8. The molecule has 0 aromatic carbocycles. The van der Waals surface area contributed by atoms with Crippen molar-refractivity contribution in [2.75, 3.05) is 12.3 Å². The molecule has 3 heterocycles. The molecule has 16 nitrogen and oxygen atoms in total. The van der Waals surface area contributed by atoms with Crippen molar-refractivity contribution in [1.82, 2.24) is 19.5 Å². The summed E-state index contributed by atoms with van der Waals surface area (Å²) in [6.07, 6.45) is -5.81. The van der Waals surface area contributed by atoms with Crippen LogP contribution in [0.1, 0.15) is 6.42 Å². The van der Waals surface area contributed by atoms with E-state index in [4.69, 9.17) is 15.6 Å². The van der Waals surface area contributed by atoms with E-state index in [1.807, 2.05) is 0 Å². The van der Waals surface area contributed by atoms with Crippen molar-refractivity contribution in [2.45, 2.75) is 36.1 Å². The maximum Gasteiger partial charge on any atom is 0.337 e. The molecule has 1 fully saturated rings. The Kier molecular flexibility index (Phi) is 5.75. The number of aromatic nitrogens is 4. The summed E-state index contributed by atoms with van der Waals surface area (Å²) in [5.41, 5.74) is -1.20. The van der Waals surface area contributed by atoms with Crippen molar-refractivity contribution in [2.24, 2.45) is 5.92 Å². The quantitative estimate of drug-likeness (QED) is 0.188. The Morgan fingerprint density at radius 3 is 2.38 bits per heavy atom. The average Bonchev–Trinajstić information content (AvgIpc) is 3.23. The van der Waals surface area contributed by atoms with E-state index in [9.17, 15) is 45.0 Å². The third kappa shape index (κ3) is 3.21. The number of nitrogen functional groups attached to an aromatic ring is 1. The van der Waals surface area contributed by atoms with E-state index >= 15 is 0 Å². The van der Waals surface area contributed by atoms with Gasteiger partial charge in [0, 0.05) is 0 Å². The largest absolute Gasteiger partial charge is 0.481 e. The fourth-order valence-corrected chi connectivity index (χ4v) is 3.92. The summed E-state index contributed by atoms with van der Waals surface area (Å²) >= 11 is 0. The maximum atomic E-state index is 12.3. The van der Waals surface area contributed by atoms with Crippen molar-refractivity contribution in [3.8, 4) is 0 Å². The number of aliphatic carboxylic acids is 3. The molecule has 0 radical (unpaired) electrons. The highest BCUT2D eigenvalue weighted by atomic mass is 16.6. The number of anilines is 1. The van der Waals surface area contributed by atoms with Gasteiger partial charge in [-0.1, -0.05) is 0 Å². The lowest BCUT2D eigenvalue weighted by atomic mass is 9.74. The number of rotatable bonds is 8. The number of nitrogens with zero attached hydrogens (tertiary/aromatic N) is 4. The van der Waals surface area contributed by atoms with E-state index in [-0.39, 0.29) is 17.0 Å². The molecule has 0 saturated carbocycles. The maximum absolute atomic E-state index is 12.3. The van der Waals surface area contributed by atoms with Gasteiger partial charge >= 0.3 is 17.9 Å². The van der Waals surface area contributed by atoms with Gasteiger partial charge in [-0.15, -0.1) is 0 Å². The van der Waals surface area contributed by atoms with E-state index in [2.05, 4.69) is 15.0 Å². The highest BCUT2D eigenvalue weighted by Crippen LogP contribution is 2.48. The van der Waals surface area contributed by atoms with Crippen LogP contribution in [0.3, 0.4) is 0 Å². The molecule has 2 aromatic rings. The highest BCUT2D eigenvalue weighted by Gasteiger charge is 2.70. The van der Waals surface area contributed by atoms with Gasteiger partial charge < -0.3 is 46.2 Å². The number of carboxylic acid groups (broad SMARTS) is 3. The zero-order chi connectivity index (χ0) is 24.0. The molecule has 6 atom stereocenters. The van der Waals surface area contributed by atoms with Crippen molar-refractivity contribution < 1.29 is 54.9 Å². The molecule has 16 heteroatoms. The zero-order valence-corrected chi connectivity index (χ0v) is 16.0. The number of nitrogens with two attached hydrogens (primary N) is 1. The van der Waals surface area contributed by atoms with E-state index in [0.717, 1.165) is 12.7 Å². The van der Waals surface area contributed by atoms with Crippen LogP contribution in [0.2, 0.25) is 0 Å². The van der Waals surface area contributed by atoms with Crippen LogP contribution in [-0.2, 0) is 24.8 Å². The Labute approximate surface area is 177 Å². The molecule has 1 saturated heterocycles. The minimum atomic E-state index is -3.57. The molecule has 1 aliphatic rings. The van der Waals surface area contributed by atoms with E-state index in [1.54, 1.807) is 0 Å². The smallest absolute Gasteiger partial charge is 0.337 e. The molecular weight excluding hydrogens is 438 g/mol. The second-order valence-corrected chi connectivity index (χ2v) is 7.14. The monoisotopic (exact) mass is 457 g/mol. The van der Waals surface area contributed by atoms with Crippen LogP contribution >= 0.6 is 0 Å². The van der Waals surface area contributed by atoms with Crippen molar-refractivity contribution in [3.05, 3.63) is 12.7 Å². The lowest BCUT2D eigenvalue weighted by Gasteiger charge is -2.43. The summed E-state index contributed by atoms with van der Waals surface area (Å²) in [7, 11) is 0. The number of hydrogen-bond acceptors (Lipinski definition) is 12. The Morgan fingerprint density at radius 1 is 1.22 bits per heavy atom. The molecule has 32 heavy (non-hydrogen) atoms. The van der Waals surface area contributed by atoms with Crippen LogP contribution in [0.25, 0.3) is 11.2 Å². The van der Waals surface area contributed by atoms with Gasteiger partial charge in [-0.05, 0) is 0 Å². The van der Waals surface area contributed by atoms with E-state index in [1.165, 1.54) is 0 Å². The fourth-order valence-electron chi connectivity index (χ4n) is 3.92. The Morgan fingerprint density at radius 2 is 1.88 bits per heavy atom. The lowest BCUT2D eigenvalue weighted by Crippen LogP contribution is -2.64. The number of carbonyl (C=O) groups is 3. The summed E-state index contributed by atoms with van der Waals surface area (Å²) in [5.74, 6) is -9.21. The minimum absolute atomic E-state index is 0.133. The number of ether oxygens (including phenoxy) is 1. The summed E-state index contributed by atoms with van der Waals surface area (Å²) in [6.45, 7) is -0.958. The van der Waals surface area contributed by atoms with Crippen molar-refractivity contribution in [3.63, 3.8) is 0 Å². The molecule has 9 N–H and O–H groups in total. The Balaban J connectivity index is 2.41. The molecule has 0 amide bonds. The second-order valence-electron chi connectivity index (χ2n) is 7.14. The Hall–Kier alpha value is -3.44. The van der Waals surface area contributed by atoms with Crippen LogP contribution in [-0.4, -0.2) is 104 Å². The van der Waals surface area contributed by atoms with Gasteiger partial charge in [-0.25, -0.2) is 19.7 Å². The van der Waals surface area contributed by atoms with Gasteiger partial charge in [-0.2, -0.15) is 0 Å². The summed E-state index contributed by atoms with van der Waals surface area (Å²) < 4.78 is 6.20. The van der Waals surface area contributed by atoms with Gasteiger partial charge in [0.2, 0.25) is 0 Å². The molecule has 2 unspecified atom stereocenters. The first kappa shape index (κ1) is 23.2. The first-order chi connectivity index (χ1) is 14.9. The van der Waals surface area contributed by atoms with Crippen LogP contribution in [0, 0.1) is 5.92 Å². The predicted molar refractivity (Wildman–Crippen MR) is 97.6 cm³/mol. The summed E-state index contributed by atoms with van der Waals surface area (Å²) in [6, 6.07) is 0. The molecular formula is C16H19N5O11. The molecule has 174 valence electrons. The predicted octanol–water partition coefficient (Wildman–Crippen LogP) is -3.83. The van der Waals surface area contributed by atoms with Crippen LogP contribution < -0.4 is 5.73 Å². The Bertz CT molecular complexity index is 1080. The summed E-state index contributed by atoms with van der Waals surface area (Å²) in [5, 5.41) is 70.3. The minimum Gasteiger partial charge on any atom is -0.481 e. The zero-order valence-electron chi connectivity index (χ0n) is 16.0. The number of fused-ring (bicyclic) bond motifs is 1. The third-order valence-electron chi connectivity index (χ3n) is 5.32. The number of aliphatic hydroxyl groups is 4. The van der Waals surface area contributed by atoms with E-state index in [0.29, 0.717) is 4.57 Å². The van der Waals surface area contributed by atoms with Gasteiger partial charge in [0.25, 0.3) is 0 Å².